The lowest BCUT2D eigenvalue weighted by molar-refractivity contribution is 0.0254. The number of rotatable bonds is 6. The van der Waals surface area contributed by atoms with Crippen molar-refractivity contribution in [2.24, 2.45) is 0 Å². The van der Waals surface area contributed by atoms with E-state index in [1.165, 1.54) is 0 Å². The van der Waals surface area contributed by atoms with Gasteiger partial charge in [0, 0.05) is 30.3 Å². The minimum Gasteiger partial charge on any atom is -0.489 e. The Morgan fingerprint density at radius 3 is 2.72 bits per heavy atom. The maximum Gasteiger partial charge on any atom is 0.161 e. The van der Waals surface area contributed by atoms with Crippen molar-refractivity contribution in [2.45, 2.75) is 38.4 Å². The van der Waals surface area contributed by atoms with Crippen molar-refractivity contribution in [3.8, 4) is 23.2 Å². The quantitative estimate of drug-likeness (QED) is 0.592. The normalized spacial score (nSPS) is 14.6. The minimum atomic E-state index is -0.934. The number of nitrogens with zero attached hydrogens (tertiary/aromatic N) is 3. The second-order valence-corrected chi connectivity index (χ2v) is 8.28. The van der Waals surface area contributed by atoms with Crippen LogP contribution in [0.1, 0.15) is 37.8 Å². The molecule has 1 saturated heterocycles. The van der Waals surface area contributed by atoms with Gasteiger partial charge in [-0.25, -0.2) is 9.97 Å². The van der Waals surface area contributed by atoms with Gasteiger partial charge in [-0.1, -0.05) is 12.1 Å². The highest BCUT2D eigenvalue weighted by Crippen LogP contribution is 2.28. The zero-order chi connectivity index (χ0) is 22.6. The first kappa shape index (κ1) is 21.8. The Hall–Kier alpha value is -3.47. The Bertz CT molecular complexity index is 1130. The summed E-state index contributed by atoms with van der Waals surface area (Å²) in [5.41, 5.74) is 1.86. The fourth-order valence-corrected chi connectivity index (χ4v) is 3.53. The Labute approximate surface area is 187 Å². The third-order valence-electron chi connectivity index (χ3n) is 5.32. The van der Waals surface area contributed by atoms with E-state index < -0.39 is 5.60 Å². The number of nitrogens with one attached hydrogen (secondary N) is 1. The Morgan fingerprint density at radius 2 is 1.97 bits per heavy atom. The van der Waals surface area contributed by atoms with Crippen molar-refractivity contribution < 1.29 is 14.6 Å². The van der Waals surface area contributed by atoms with E-state index in [0.29, 0.717) is 36.2 Å². The first-order valence-corrected chi connectivity index (χ1v) is 10.6. The molecule has 1 aromatic heterocycles. The smallest absolute Gasteiger partial charge is 0.161 e. The van der Waals surface area contributed by atoms with Gasteiger partial charge in [-0.05, 0) is 55.8 Å². The lowest BCUT2D eigenvalue weighted by Crippen LogP contribution is -2.26. The molecule has 0 saturated carbocycles. The van der Waals surface area contributed by atoms with Crippen molar-refractivity contribution in [1.82, 2.24) is 9.97 Å². The highest BCUT2D eigenvalue weighted by Gasteiger charge is 2.18. The summed E-state index contributed by atoms with van der Waals surface area (Å²) in [4.78, 5) is 8.97. The molecule has 7 nitrogen and oxygen atoms in total. The number of hydrogen-bond donors (Lipinski definition) is 2. The lowest BCUT2D eigenvalue weighted by Gasteiger charge is -2.23. The molecule has 2 aromatic carbocycles. The Morgan fingerprint density at radius 1 is 1.16 bits per heavy atom. The molecule has 0 aliphatic carbocycles. The molecule has 0 bridgehead atoms. The van der Waals surface area contributed by atoms with E-state index in [0.717, 1.165) is 29.7 Å². The van der Waals surface area contributed by atoms with Gasteiger partial charge in [-0.2, -0.15) is 5.26 Å². The molecule has 0 atom stereocenters. The van der Waals surface area contributed by atoms with Crippen LogP contribution in [-0.4, -0.2) is 34.4 Å². The monoisotopic (exact) mass is 430 g/mol. The zero-order valence-corrected chi connectivity index (χ0v) is 18.2. The van der Waals surface area contributed by atoms with Crippen molar-refractivity contribution in [2.75, 3.05) is 18.5 Å². The van der Waals surface area contributed by atoms with Crippen LogP contribution in [0.5, 0.6) is 5.75 Å². The molecule has 4 rings (SSSR count). The largest absolute Gasteiger partial charge is 0.489 e. The van der Waals surface area contributed by atoms with E-state index in [-0.39, 0.29) is 6.10 Å². The molecular weight excluding hydrogens is 404 g/mol. The first-order chi connectivity index (χ1) is 15.4. The summed E-state index contributed by atoms with van der Waals surface area (Å²) in [6.45, 7) is 4.85. The number of hydrogen-bond acceptors (Lipinski definition) is 7. The summed E-state index contributed by atoms with van der Waals surface area (Å²) < 4.78 is 11.4. The number of benzene rings is 2. The van der Waals surface area contributed by atoms with Crippen LogP contribution in [-0.2, 0) is 10.3 Å². The van der Waals surface area contributed by atoms with E-state index in [1.54, 1.807) is 38.2 Å². The van der Waals surface area contributed by atoms with Crippen molar-refractivity contribution in [3.63, 3.8) is 0 Å². The number of aliphatic hydroxyl groups is 1. The summed E-state index contributed by atoms with van der Waals surface area (Å²) in [5.74, 6) is 1.69. The predicted octanol–water partition coefficient (Wildman–Crippen LogP) is 4.54. The maximum absolute atomic E-state index is 10.3. The van der Waals surface area contributed by atoms with Crippen molar-refractivity contribution in [1.29, 1.82) is 5.26 Å². The van der Waals surface area contributed by atoms with Gasteiger partial charge in [-0.3, -0.25) is 0 Å². The molecule has 2 N–H and O–H groups in total. The first-order valence-electron chi connectivity index (χ1n) is 10.6. The van der Waals surface area contributed by atoms with Crippen LogP contribution in [0.3, 0.4) is 0 Å². The van der Waals surface area contributed by atoms with Gasteiger partial charge < -0.3 is 19.9 Å². The number of aromatic nitrogens is 2. The fraction of sp³-hybridized carbons (Fsp3) is 0.320. The predicted molar refractivity (Wildman–Crippen MR) is 122 cm³/mol. The van der Waals surface area contributed by atoms with Gasteiger partial charge in [-0.15, -0.1) is 0 Å². The molecule has 32 heavy (non-hydrogen) atoms. The molecule has 7 heteroatoms. The number of nitriles is 1. The lowest BCUT2D eigenvalue weighted by atomic mass is 9.98. The summed E-state index contributed by atoms with van der Waals surface area (Å²) in [5, 5.41) is 23.1. The highest BCUT2D eigenvalue weighted by atomic mass is 16.5. The molecule has 1 fully saturated rings. The summed E-state index contributed by atoms with van der Waals surface area (Å²) >= 11 is 0. The molecule has 3 aromatic rings. The number of anilines is 2. The van der Waals surface area contributed by atoms with Crippen LogP contribution in [0, 0.1) is 11.3 Å². The summed E-state index contributed by atoms with van der Waals surface area (Å²) in [6, 6.07) is 17.0. The highest BCUT2D eigenvalue weighted by molar-refractivity contribution is 5.64. The van der Waals surface area contributed by atoms with Crippen LogP contribution in [0.15, 0.2) is 54.7 Å². The van der Waals surface area contributed by atoms with E-state index in [4.69, 9.17) is 9.47 Å². The molecule has 0 amide bonds. The SMILES string of the molecule is CC(C)(O)c1cccc(Nc2ccnc(-c3ccc(OC4CCOCC4)c(C#N)c3)n2)c1. The molecular formula is C25H26N4O3. The third kappa shape index (κ3) is 5.22. The zero-order valence-electron chi connectivity index (χ0n) is 18.2. The van der Waals surface area contributed by atoms with Gasteiger partial charge in [0.15, 0.2) is 5.82 Å². The average molecular weight is 431 g/mol. The van der Waals surface area contributed by atoms with Crippen LogP contribution < -0.4 is 10.1 Å². The van der Waals surface area contributed by atoms with Crippen LogP contribution in [0.25, 0.3) is 11.4 Å². The van der Waals surface area contributed by atoms with Gasteiger partial charge in [0.25, 0.3) is 0 Å². The topological polar surface area (TPSA) is 100 Å². The molecule has 0 unspecified atom stereocenters. The second kappa shape index (κ2) is 9.35. The molecule has 0 spiro atoms. The minimum absolute atomic E-state index is 0.0603. The van der Waals surface area contributed by atoms with E-state index in [9.17, 15) is 10.4 Å². The summed E-state index contributed by atoms with van der Waals surface area (Å²) in [6.07, 6.45) is 3.37. The van der Waals surface area contributed by atoms with Crippen molar-refractivity contribution >= 4 is 11.5 Å². The molecule has 164 valence electrons. The van der Waals surface area contributed by atoms with Gasteiger partial charge >= 0.3 is 0 Å². The fourth-order valence-electron chi connectivity index (χ4n) is 3.53. The molecule has 1 aliphatic rings. The van der Waals surface area contributed by atoms with Crippen molar-refractivity contribution in [3.05, 3.63) is 65.9 Å². The Kier molecular flexibility index (Phi) is 6.35. The Balaban J connectivity index is 1.55. The molecule has 2 heterocycles. The average Bonchev–Trinajstić information content (AvgIpc) is 2.80. The second-order valence-electron chi connectivity index (χ2n) is 8.28. The van der Waals surface area contributed by atoms with Gasteiger partial charge in [0.1, 0.15) is 23.7 Å². The van der Waals surface area contributed by atoms with E-state index >= 15 is 0 Å². The summed E-state index contributed by atoms with van der Waals surface area (Å²) in [7, 11) is 0. The molecule has 0 radical (unpaired) electrons. The van der Waals surface area contributed by atoms with Crippen LogP contribution >= 0.6 is 0 Å². The van der Waals surface area contributed by atoms with E-state index in [1.807, 2.05) is 30.3 Å². The van der Waals surface area contributed by atoms with Crippen LogP contribution in [0.2, 0.25) is 0 Å². The van der Waals surface area contributed by atoms with E-state index in [2.05, 4.69) is 21.4 Å². The molecule has 1 aliphatic heterocycles. The standard InChI is InChI=1S/C25H26N4O3/c1-25(2,30)19-4-3-5-20(15-19)28-23-8-11-27-24(29-23)17-6-7-22(18(14-17)16-26)32-21-9-12-31-13-10-21/h3-8,11,14-15,21,30H,9-10,12-13H2,1-2H3,(H,27,28,29). The number of ether oxygens (including phenoxy) is 2. The van der Waals surface area contributed by atoms with Gasteiger partial charge in [0.2, 0.25) is 0 Å². The third-order valence-corrected chi connectivity index (χ3v) is 5.32. The van der Waals surface area contributed by atoms with Crippen LogP contribution in [0.4, 0.5) is 11.5 Å². The maximum atomic E-state index is 10.3. The van der Waals surface area contributed by atoms with Gasteiger partial charge in [0.05, 0.1) is 24.4 Å².